The van der Waals surface area contributed by atoms with Crippen molar-refractivity contribution in [2.45, 2.75) is 105 Å². The van der Waals surface area contributed by atoms with Crippen LogP contribution < -0.4 is 0 Å². The van der Waals surface area contributed by atoms with Gasteiger partial charge in [-0.1, -0.05) is 65.2 Å². The summed E-state index contributed by atoms with van der Waals surface area (Å²) in [5, 5.41) is 0. The van der Waals surface area contributed by atoms with Crippen LogP contribution in [0.5, 0.6) is 0 Å². The van der Waals surface area contributed by atoms with Gasteiger partial charge in [0.2, 0.25) is 0 Å². The van der Waals surface area contributed by atoms with Crippen LogP contribution in [-0.2, 0) is 12.8 Å². The Morgan fingerprint density at radius 3 is 2.25 bits per heavy atom. The molecule has 24 heavy (non-hydrogen) atoms. The van der Waals surface area contributed by atoms with Gasteiger partial charge in [0.15, 0.2) is 0 Å². The molecule has 0 aromatic heterocycles. The van der Waals surface area contributed by atoms with Gasteiger partial charge in [0.25, 0.3) is 0 Å². The summed E-state index contributed by atoms with van der Waals surface area (Å²) in [4.78, 5) is 0. The van der Waals surface area contributed by atoms with Gasteiger partial charge in [-0.3, -0.25) is 0 Å². The maximum absolute atomic E-state index is 2.45. The predicted octanol–water partition coefficient (Wildman–Crippen LogP) is 7.66. The summed E-state index contributed by atoms with van der Waals surface area (Å²) in [7, 11) is 0. The summed E-state index contributed by atoms with van der Waals surface area (Å²) in [6, 6.07) is 7.23. The van der Waals surface area contributed by atoms with Crippen LogP contribution in [0, 0.1) is 17.8 Å². The molecule has 1 saturated carbocycles. The van der Waals surface area contributed by atoms with Crippen molar-refractivity contribution in [3.05, 3.63) is 34.9 Å². The van der Waals surface area contributed by atoms with E-state index in [4.69, 9.17) is 0 Å². The first-order chi connectivity index (χ1) is 11.3. The van der Waals surface area contributed by atoms with Crippen LogP contribution in [0.1, 0.15) is 102 Å². The predicted molar refractivity (Wildman–Crippen MR) is 108 cm³/mol. The Bertz CT molecular complexity index is 499. The van der Waals surface area contributed by atoms with Crippen molar-refractivity contribution in [2.24, 2.45) is 10.8 Å². The number of unbranched alkanes of at least 4 members (excludes halogenated alkanes) is 3. The molecule has 1 aliphatic carbocycles. The summed E-state index contributed by atoms with van der Waals surface area (Å²) < 4.78 is 0. The van der Waals surface area contributed by atoms with E-state index in [1.807, 2.05) is 0 Å². The van der Waals surface area contributed by atoms with E-state index in [1.54, 1.807) is 11.1 Å². The fourth-order valence-electron chi connectivity index (χ4n) is 3.69. The van der Waals surface area contributed by atoms with Crippen LogP contribution in [0.25, 0.3) is 0 Å². The van der Waals surface area contributed by atoms with E-state index in [-0.39, 0.29) is 0 Å². The molecule has 0 amide bonds. The van der Waals surface area contributed by atoms with Crippen molar-refractivity contribution in [2.75, 3.05) is 0 Å². The van der Waals surface area contributed by atoms with Crippen LogP contribution in [0.3, 0.4) is 0 Å². The van der Waals surface area contributed by atoms with Gasteiger partial charge in [0, 0.05) is 0 Å². The van der Waals surface area contributed by atoms with Gasteiger partial charge in [-0.15, -0.1) is 0 Å². The molecule has 136 valence electrons. The Balaban J connectivity index is 1.65. The summed E-state index contributed by atoms with van der Waals surface area (Å²) in [5.74, 6) is 0. The normalized spacial score (nSPS) is 16.4. The van der Waals surface area contributed by atoms with E-state index < -0.39 is 0 Å². The fraction of sp³-hybridized carbons (Fsp3) is 0.750. The molecule has 0 bridgehead atoms. The molecule has 1 aromatic carbocycles. The van der Waals surface area contributed by atoms with E-state index in [2.05, 4.69) is 52.8 Å². The monoisotopic (exact) mass is 328 g/mol. The molecule has 0 spiro atoms. The minimum Gasteiger partial charge on any atom is -0.0602 e. The van der Waals surface area contributed by atoms with Crippen LogP contribution in [0.4, 0.5) is 0 Å². The smallest absolute Gasteiger partial charge is 0.0276 e. The maximum atomic E-state index is 2.45. The number of benzene rings is 1. The van der Waals surface area contributed by atoms with Crippen molar-refractivity contribution >= 4 is 0 Å². The molecule has 2 rings (SSSR count). The molecule has 0 saturated heterocycles. The first-order valence-electron chi connectivity index (χ1n) is 10.4. The largest absolute Gasteiger partial charge is 0.0602 e. The second-order valence-corrected chi connectivity index (χ2v) is 9.90. The summed E-state index contributed by atoms with van der Waals surface area (Å²) >= 11 is 0. The van der Waals surface area contributed by atoms with Crippen molar-refractivity contribution < 1.29 is 0 Å². The standard InChI is InChI=1S/C24H40/c1-20-19-21(11-8-10-16-24(5)17-18-24)13-14-22(20)12-7-6-9-15-23(2,3)4/h13-14,19H,6-12,15-18H2,1-5H3. The third-order valence-corrected chi connectivity index (χ3v) is 5.88. The van der Waals surface area contributed by atoms with E-state index in [1.165, 1.54) is 76.2 Å². The van der Waals surface area contributed by atoms with Gasteiger partial charge in [0.05, 0.1) is 0 Å². The minimum atomic E-state index is 0.495. The molecule has 0 radical (unpaired) electrons. The highest BCUT2D eigenvalue weighted by Gasteiger charge is 2.35. The van der Waals surface area contributed by atoms with Crippen LogP contribution >= 0.6 is 0 Å². The quantitative estimate of drug-likeness (QED) is 0.387. The Morgan fingerprint density at radius 1 is 0.917 bits per heavy atom. The maximum Gasteiger partial charge on any atom is -0.0276 e. The van der Waals surface area contributed by atoms with Crippen molar-refractivity contribution in [3.8, 4) is 0 Å². The van der Waals surface area contributed by atoms with Crippen molar-refractivity contribution in [3.63, 3.8) is 0 Å². The van der Waals surface area contributed by atoms with Gasteiger partial charge >= 0.3 is 0 Å². The summed E-state index contributed by atoms with van der Waals surface area (Å²) in [6.07, 6.45) is 15.1. The van der Waals surface area contributed by atoms with E-state index in [0.717, 1.165) is 5.41 Å². The van der Waals surface area contributed by atoms with Gasteiger partial charge in [0.1, 0.15) is 0 Å². The molecular formula is C24H40. The Morgan fingerprint density at radius 2 is 1.62 bits per heavy atom. The Kier molecular flexibility index (Phi) is 6.96. The lowest BCUT2D eigenvalue weighted by atomic mass is 9.89. The second kappa shape index (κ2) is 8.54. The Hall–Kier alpha value is -0.780. The van der Waals surface area contributed by atoms with Gasteiger partial charge < -0.3 is 0 Å². The molecular weight excluding hydrogens is 288 g/mol. The lowest BCUT2D eigenvalue weighted by molar-refractivity contribution is 0.358. The van der Waals surface area contributed by atoms with Gasteiger partial charge in [-0.2, -0.15) is 0 Å². The zero-order valence-corrected chi connectivity index (χ0v) is 17.0. The van der Waals surface area contributed by atoms with Crippen molar-refractivity contribution in [1.82, 2.24) is 0 Å². The molecule has 0 aliphatic heterocycles. The molecule has 1 fully saturated rings. The first kappa shape index (κ1) is 19.5. The SMILES string of the molecule is Cc1cc(CCCCC2(C)CC2)ccc1CCCCCC(C)(C)C. The molecule has 1 aromatic rings. The minimum absolute atomic E-state index is 0.495. The second-order valence-electron chi connectivity index (χ2n) is 9.90. The van der Waals surface area contributed by atoms with Crippen LogP contribution in [0.2, 0.25) is 0 Å². The van der Waals surface area contributed by atoms with Crippen LogP contribution in [0.15, 0.2) is 18.2 Å². The number of hydrogen-bond acceptors (Lipinski definition) is 0. The molecule has 0 heterocycles. The fourth-order valence-corrected chi connectivity index (χ4v) is 3.69. The number of aryl methyl sites for hydroxylation is 3. The molecule has 0 N–H and O–H groups in total. The molecule has 0 atom stereocenters. The van der Waals surface area contributed by atoms with Gasteiger partial charge in [-0.05, 0) is 85.8 Å². The first-order valence-corrected chi connectivity index (χ1v) is 10.4. The highest BCUT2D eigenvalue weighted by atomic mass is 14.4. The Labute approximate surface area is 151 Å². The zero-order chi connectivity index (χ0) is 17.6. The van der Waals surface area contributed by atoms with E-state index in [9.17, 15) is 0 Å². The third-order valence-electron chi connectivity index (χ3n) is 5.88. The average Bonchev–Trinajstić information content (AvgIpc) is 3.22. The molecule has 0 nitrogen and oxygen atoms in total. The number of hydrogen-bond donors (Lipinski definition) is 0. The topological polar surface area (TPSA) is 0 Å². The highest BCUT2D eigenvalue weighted by molar-refractivity contribution is 5.31. The third kappa shape index (κ3) is 7.41. The molecule has 0 unspecified atom stereocenters. The number of rotatable bonds is 10. The van der Waals surface area contributed by atoms with Gasteiger partial charge in [-0.25, -0.2) is 0 Å². The lowest BCUT2D eigenvalue weighted by Gasteiger charge is -2.17. The average molecular weight is 329 g/mol. The lowest BCUT2D eigenvalue weighted by Crippen LogP contribution is -2.04. The van der Waals surface area contributed by atoms with E-state index in [0.29, 0.717) is 5.41 Å². The van der Waals surface area contributed by atoms with E-state index >= 15 is 0 Å². The summed E-state index contributed by atoms with van der Waals surface area (Å²) in [6.45, 7) is 11.8. The molecule has 1 aliphatic rings. The zero-order valence-electron chi connectivity index (χ0n) is 17.0. The highest BCUT2D eigenvalue weighted by Crippen LogP contribution is 2.49. The summed E-state index contributed by atoms with van der Waals surface area (Å²) in [5.41, 5.74) is 5.85. The van der Waals surface area contributed by atoms with Crippen molar-refractivity contribution in [1.29, 1.82) is 0 Å². The van der Waals surface area contributed by atoms with Crippen LogP contribution in [-0.4, -0.2) is 0 Å². The molecule has 0 heteroatoms.